The van der Waals surface area contributed by atoms with E-state index in [-0.39, 0.29) is 6.61 Å². The molecule has 1 saturated heterocycles. The molecule has 3 rings (SSSR count). The number of likely N-dealkylation sites (tertiary alicyclic amines) is 1. The molecule has 2 aromatic rings. The van der Waals surface area contributed by atoms with Crippen molar-refractivity contribution >= 4 is 5.97 Å². The van der Waals surface area contributed by atoms with Crippen molar-refractivity contribution in [1.82, 2.24) is 4.90 Å². The third kappa shape index (κ3) is 4.38. The lowest BCUT2D eigenvalue weighted by molar-refractivity contribution is -0.152. The Hall–Kier alpha value is -2.34. The third-order valence-corrected chi connectivity index (χ3v) is 5.37. The van der Waals surface area contributed by atoms with Crippen LogP contribution in [0.5, 0.6) is 0 Å². The summed E-state index contributed by atoms with van der Waals surface area (Å²) < 4.78 is 44.8. The van der Waals surface area contributed by atoms with Crippen molar-refractivity contribution in [2.45, 2.75) is 37.9 Å². The van der Waals surface area contributed by atoms with E-state index in [4.69, 9.17) is 4.74 Å². The Labute approximate surface area is 163 Å². The van der Waals surface area contributed by atoms with Gasteiger partial charge in [-0.05, 0) is 50.0 Å². The lowest BCUT2D eigenvalue weighted by Crippen LogP contribution is -2.48. The summed E-state index contributed by atoms with van der Waals surface area (Å²) in [5.74, 6) is -0.436. The lowest BCUT2D eigenvalue weighted by Gasteiger charge is -2.40. The maximum atomic E-state index is 13.2. The predicted molar refractivity (Wildman–Crippen MR) is 101 cm³/mol. The smallest absolute Gasteiger partial charge is 0.416 e. The van der Waals surface area contributed by atoms with Crippen LogP contribution in [-0.2, 0) is 27.7 Å². The summed E-state index contributed by atoms with van der Waals surface area (Å²) in [6, 6.07) is 15.1. The molecule has 28 heavy (non-hydrogen) atoms. The molecular formula is C22H24F3NO2. The van der Waals surface area contributed by atoms with Crippen LogP contribution in [0, 0.1) is 0 Å². The monoisotopic (exact) mass is 391 g/mol. The highest BCUT2D eigenvalue weighted by molar-refractivity contribution is 5.83. The second kappa shape index (κ2) is 8.35. The van der Waals surface area contributed by atoms with Crippen molar-refractivity contribution in [2.24, 2.45) is 0 Å². The number of nitrogens with zero attached hydrogens (tertiary/aromatic N) is 1. The fourth-order valence-corrected chi connectivity index (χ4v) is 3.81. The Kier molecular flexibility index (Phi) is 6.08. The van der Waals surface area contributed by atoms with Crippen LogP contribution in [-0.4, -0.2) is 30.6 Å². The molecule has 0 amide bonds. The lowest BCUT2D eigenvalue weighted by atomic mass is 9.72. The maximum absolute atomic E-state index is 13.2. The van der Waals surface area contributed by atoms with Gasteiger partial charge in [0.25, 0.3) is 0 Å². The highest BCUT2D eigenvalue weighted by atomic mass is 19.4. The summed E-state index contributed by atoms with van der Waals surface area (Å²) in [5, 5.41) is 0. The molecule has 6 heteroatoms. The normalized spacial score (nSPS) is 17.3. The number of halogens is 3. The van der Waals surface area contributed by atoms with Gasteiger partial charge in [0.05, 0.1) is 17.6 Å². The molecule has 0 saturated carbocycles. The molecular weight excluding hydrogens is 367 g/mol. The summed E-state index contributed by atoms with van der Waals surface area (Å²) in [6.45, 7) is 3.89. The first kappa shape index (κ1) is 20.4. The largest absolute Gasteiger partial charge is 0.465 e. The minimum absolute atomic E-state index is 0.202. The van der Waals surface area contributed by atoms with Gasteiger partial charge in [0.2, 0.25) is 0 Å². The summed E-state index contributed by atoms with van der Waals surface area (Å²) in [5.41, 5.74) is -0.212. The molecule has 1 aliphatic rings. The van der Waals surface area contributed by atoms with Crippen molar-refractivity contribution in [1.29, 1.82) is 0 Å². The van der Waals surface area contributed by atoms with Gasteiger partial charge in [0.15, 0.2) is 0 Å². The van der Waals surface area contributed by atoms with Crippen LogP contribution in [0.3, 0.4) is 0 Å². The average molecular weight is 391 g/mol. The van der Waals surface area contributed by atoms with Crippen LogP contribution >= 0.6 is 0 Å². The van der Waals surface area contributed by atoms with Gasteiger partial charge >= 0.3 is 12.1 Å². The van der Waals surface area contributed by atoms with Gasteiger partial charge < -0.3 is 4.74 Å². The second-order valence-electron chi connectivity index (χ2n) is 7.14. The molecule has 0 radical (unpaired) electrons. The first-order chi connectivity index (χ1) is 13.3. The summed E-state index contributed by atoms with van der Waals surface area (Å²) >= 11 is 0. The Morgan fingerprint density at radius 1 is 1.07 bits per heavy atom. The van der Waals surface area contributed by atoms with Crippen LogP contribution in [0.15, 0.2) is 54.6 Å². The van der Waals surface area contributed by atoms with Crippen LogP contribution < -0.4 is 0 Å². The fraction of sp³-hybridized carbons (Fsp3) is 0.409. The van der Waals surface area contributed by atoms with E-state index in [0.29, 0.717) is 31.5 Å². The van der Waals surface area contributed by atoms with E-state index in [1.165, 1.54) is 11.6 Å². The Balaban J connectivity index is 1.84. The van der Waals surface area contributed by atoms with Gasteiger partial charge in [-0.25, -0.2) is 0 Å². The molecule has 0 atom stereocenters. The molecule has 0 bridgehead atoms. The minimum atomic E-state index is -4.44. The molecule has 1 aliphatic heterocycles. The van der Waals surface area contributed by atoms with Gasteiger partial charge in [0.1, 0.15) is 0 Å². The zero-order valence-corrected chi connectivity index (χ0v) is 15.8. The third-order valence-electron chi connectivity index (χ3n) is 5.37. The predicted octanol–water partition coefficient (Wildman–Crippen LogP) is 4.80. The number of rotatable bonds is 5. The second-order valence-corrected chi connectivity index (χ2v) is 7.14. The number of alkyl halides is 3. The highest BCUT2D eigenvalue weighted by Gasteiger charge is 2.45. The minimum Gasteiger partial charge on any atom is -0.465 e. The van der Waals surface area contributed by atoms with Gasteiger partial charge in [-0.2, -0.15) is 13.2 Å². The molecule has 3 nitrogen and oxygen atoms in total. The first-order valence-electron chi connectivity index (χ1n) is 9.46. The topological polar surface area (TPSA) is 29.5 Å². The van der Waals surface area contributed by atoms with Gasteiger partial charge in [-0.1, -0.05) is 48.5 Å². The van der Waals surface area contributed by atoms with Crippen molar-refractivity contribution in [3.63, 3.8) is 0 Å². The number of piperidine rings is 1. The number of esters is 1. The van der Waals surface area contributed by atoms with Crippen molar-refractivity contribution in [2.75, 3.05) is 19.7 Å². The Bertz CT molecular complexity index is 797. The average Bonchev–Trinajstić information content (AvgIpc) is 2.69. The van der Waals surface area contributed by atoms with Crippen LogP contribution in [0.4, 0.5) is 13.2 Å². The molecule has 1 heterocycles. The van der Waals surface area contributed by atoms with Crippen molar-refractivity contribution in [3.8, 4) is 0 Å². The molecule has 150 valence electrons. The maximum Gasteiger partial charge on any atom is 0.416 e. The zero-order chi connectivity index (χ0) is 20.2. The summed E-state index contributed by atoms with van der Waals surface area (Å²) in [6.07, 6.45) is -3.58. The number of carbonyl (C=O) groups excluding carboxylic acids is 1. The van der Waals surface area contributed by atoms with Gasteiger partial charge in [-0.15, -0.1) is 0 Å². The van der Waals surface area contributed by atoms with E-state index in [1.807, 2.05) is 30.3 Å². The van der Waals surface area contributed by atoms with Crippen molar-refractivity contribution < 1.29 is 22.7 Å². The molecule has 0 spiro atoms. The molecule has 0 unspecified atom stereocenters. The molecule has 0 N–H and O–H groups in total. The number of benzene rings is 2. The number of hydrogen-bond donors (Lipinski definition) is 0. The van der Waals surface area contributed by atoms with Crippen LogP contribution in [0.1, 0.15) is 36.5 Å². The molecule has 0 aliphatic carbocycles. The van der Waals surface area contributed by atoms with E-state index in [1.54, 1.807) is 13.0 Å². The quantitative estimate of drug-likeness (QED) is 0.686. The highest BCUT2D eigenvalue weighted by Crippen LogP contribution is 2.40. The van der Waals surface area contributed by atoms with E-state index in [2.05, 4.69) is 4.90 Å². The van der Waals surface area contributed by atoms with Crippen LogP contribution in [0.2, 0.25) is 0 Å². The summed E-state index contributed by atoms with van der Waals surface area (Å²) in [7, 11) is 0. The first-order valence-corrected chi connectivity index (χ1v) is 9.46. The van der Waals surface area contributed by atoms with Gasteiger partial charge in [0, 0.05) is 6.54 Å². The number of hydrogen-bond acceptors (Lipinski definition) is 3. The number of carbonyl (C=O) groups is 1. The standard InChI is InChI=1S/C22H24F3NO2/c1-2-28-20(27)21(18-9-6-10-19(15-18)22(23,24)25)11-13-26(14-12-21)16-17-7-4-3-5-8-17/h3-10,15H,2,11-14,16H2,1H3. The van der Waals surface area contributed by atoms with Gasteiger partial charge in [-0.3, -0.25) is 9.69 Å². The van der Waals surface area contributed by atoms with E-state index < -0.39 is 23.1 Å². The SMILES string of the molecule is CCOC(=O)C1(c2cccc(C(F)(F)F)c2)CCN(Cc2ccccc2)CC1. The van der Waals surface area contributed by atoms with Crippen LogP contribution in [0.25, 0.3) is 0 Å². The van der Waals surface area contributed by atoms with E-state index in [0.717, 1.165) is 18.7 Å². The Morgan fingerprint density at radius 2 is 1.75 bits per heavy atom. The molecule has 2 aromatic carbocycles. The fourth-order valence-electron chi connectivity index (χ4n) is 3.81. The van der Waals surface area contributed by atoms with E-state index >= 15 is 0 Å². The zero-order valence-electron chi connectivity index (χ0n) is 15.8. The van der Waals surface area contributed by atoms with E-state index in [9.17, 15) is 18.0 Å². The Morgan fingerprint density at radius 3 is 2.36 bits per heavy atom. The number of ether oxygens (including phenoxy) is 1. The summed E-state index contributed by atoms with van der Waals surface area (Å²) in [4.78, 5) is 15.0. The molecule has 0 aromatic heterocycles. The van der Waals surface area contributed by atoms with Crippen molar-refractivity contribution in [3.05, 3.63) is 71.3 Å². The molecule has 1 fully saturated rings.